The van der Waals surface area contributed by atoms with Gasteiger partial charge in [0, 0.05) is 13.1 Å². The van der Waals surface area contributed by atoms with Gasteiger partial charge in [-0.3, -0.25) is 0 Å². The van der Waals surface area contributed by atoms with Crippen molar-refractivity contribution in [2.75, 3.05) is 12.8 Å². The fourth-order valence-corrected chi connectivity index (χ4v) is 2.63. The quantitative estimate of drug-likeness (QED) is 0.733. The van der Waals surface area contributed by atoms with Gasteiger partial charge in [-0.15, -0.1) is 0 Å². The van der Waals surface area contributed by atoms with E-state index in [-0.39, 0.29) is 0 Å². The predicted molar refractivity (Wildman–Crippen MR) is 86.9 cm³/mol. The Balaban J connectivity index is 2.30. The van der Waals surface area contributed by atoms with E-state index in [2.05, 4.69) is 25.1 Å². The van der Waals surface area contributed by atoms with Gasteiger partial charge >= 0.3 is 0 Å². The van der Waals surface area contributed by atoms with Crippen LogP contribution in [0.3, 0.4) is 0 Å². The van der Waals surface area contributed by atoms with Crippen LogP contribution in [0.15, 0.2) is 30.3 Å². The summed E-state index contributed by atoms with van der Waals surface area (Å²) in [6.45, 7) is 2.05. The van der Waals surface area contributed by atoms with E-state index in [1.165, 1.54) is 5.56 Å². The lowest BCUT2D eigenvalue weighted by molar-refractivity contribution is 0.416. The van der Waals surface area contributed by atoms with Crippen LogP contribution in [0.25, 0.3) is 22.4 Å². The van der Waals surface area contributed by atoms with Crippen molar-refractivity contribution < 1.29 is 4.74 Å². The van der Waals surface area contributed by atoms with E-state index >= 15 is 0 Å². The standard InChI is InChI=1S/C16H16ClN3O/c1-9-4-5-14-13(6-9)19-16(20(14)2)10-7-11(17)12(18)8-15(10)21-3/h4-8H,18H2,1-3H3. The SMILES string of the molecule is COc1cc(N)c(Cl)cc1-c1nc2cc(C)ccc2n1C. The number of aryl methyl sites for hydroxylation is 2. The Morgan fingerprint density at radius 1 is 1.24 bits per heavy atom. The fourth-order valence-electron chi connectivity index (χ4n) is 2.46. The van der Waals surface area contributed by atoms with Crippen LogP contribution in [0.4, 0.5) is 5.69 Å². The van der Waals surface area contributed by atoms with E-state index in [9.17, 15) is 0 Å². The van der Waals surface area contributed by atoms with Gasteiger partial charge in [-0.1, -0.05) is 17.7 Å². The molecule has 3 rings (SSSR count). The monoisotopic (exact) mass is 301 g/mol. The Hall–Kier alpha value is -2.20. The summed E-state index contributed by atoms with van der Waals surface area (Å²) in [7, 11) is 3.59. The first-order valence-corrected chi connectivity index (χ1v) is 6.95. The molecule has 0 unspecified atom stereocenters. The second-order valence-electron chi connectivity index (χ2n) is 5.06. The van der Waals surface area contributed by atoms with Crippen LogP contribution in [-0.2, 0) is 7.05 Å². The van der Waals surface area contributed by atoms with Gasteiger partial charge in [0.05, 0.1) is 34.4 Å². The fraction of sp³-hybridized carbons (Fsp3) is 0.188. The zero-order chi connectivity index (χ0) is 15.1. The van der Waals surface area contributed by atoms with Crippen LogP contribution in [0.2, 0.25) is 5.02 Å². The molecule has 0 fully saturated rings. The van der Waals surface area contributed by atoms with Crippen LogP contribution < -0.4 is 10.5 Å². The number of fused-ring (bicyclic) bond motifs is 1. The lowest BCUT2D eigenvalue weighted by Crippen LogP contribution is -1.97. The summed E-state index contributed by atoms with van der Waals surface area (Å²) in [4.78, 5) is 4.71. The molecule has 0 amide bonds. The highest BCUT2D eigenvalue weighted by atomic mass is 35.5. The smallest absolute Gasteiger partial charge is 0.144 e. The van der Waals surface area contributed by atoms with Gasteiger partial charge in [0.25, 0.3) is 0 Å². The van der Waals surface area contributed by atoms with Gasteiger partial charge in [-0.25, -0.2) is 4.98 Å². The first-order chi connectivity index (χ1) is 10.0. The summed E-state index contributed by atoms with van der Waals surface area (Å²) < 4.78 is 7.45. The highest BCUT2D eigenvalue weighted by molar-refractivity contribution is 6.33. The third kappa shape index (κ3) is 2.21. The van der Waals surface area contributed by atoms with Crippen molar-refractivity contribution in [2.24, 2.45) is 7.05 Å². The van der Waals surface area contributed by atoms with Gasteiger partial charge in [-0.2, -0.15) is 0 Å². The first kappa shape index (κ1) is 13.8. The summed E-state index contributed by atoms with van der Waals surface area (Å²) in [5.74, 6) is 1.46. The van der Waals surface area contributed by atoms with Crippen molar-refractivity contribution in [3.05, 3.63) is 40.9 Å². The lowest BCUT2D eigenvalue weighted by Gasteiger charge is -2.10. The van der Waals surface area contributed by atoms with Gasteiger partial charge in [-0.05, 0) is 30.7 Å². The van der Waals surface area contributed by atoms with Crippen molar-refractivity contribution in [3.8, 4) is 17.1 Å². The number of benzene rings is 2. The van der Waals surface area contributed by atoms with Gasteiger partial charge in [0.15, 0.2) is 0 Å². The zero-order valence-corrected chi connectivity index (χ0v) is 12.9. The Labute approximate surface area is 128 Å². The molecule has 5 heteroatoms. The molecule has 0 aliphatic heterocycles. The number of hydrogen-bond donors (Lipinski definition) is 1. The van der Waals surface area contributed by atoms with Crippen LogP contribution in [-0.4, -0.2) is 16.7 Å². The molecule has 0 spiro atoms. The largest absolute Gasteiger partial charge is 0.496 e. The number of aromatic nitrogens is 2. The number of nitrogen functional groups attached to an aromatic ring is 1. The minimum absolute atomic E-state index is 0.492. The Morgan fingerprint density at radius 2 is 2.00 bits per heavy atom. The molecule has 0 atom stereocenters. The van der Waals surface area contributed by atoms with E-state index in [1.807, 2.05) is 11.6 Å². The normalized spacial score (nSPS) is 11.0. The molecule has 21 heavy (non-hydrogen) atoms. The molecular weight excluding hydrogens is 286 g/mol. The Bertz CT molecular complexity index is 839. The van der Waals surface area contributed by atoms with E-state index in [0.717, 1.165) is 22.4 Å². The van der Waals surface area contributed by atoms with Crippen LogP contribution in [0.5, 0.6) is 5.75 Å². The number of methoxy groups -OCH3 is 1. The summed E-state index contributed by atoms with van der Waals surface area (Å²) in [5, 5.41) is 0.494. The second kappa shape index (κ2) is 4.97. The molecule has 2 N–H and O–H groups in total. The van der Waals surface area contributed by atoms with Crippen molar-refractivity contribution in [3.63, 3.8) is 0 Å². The third-order valence-corrected chi connectivity index (χ3v) is 3.92. The summed E-state index contributed by atoms with van der Waals surface area (Å²) in [5.41, 5.74) is 10.3. The van der Waals surface area contributed by atoms with E-state index in [4.69, 9.17) is 27.1 Å². The second-order valence-corrected chi connectivity index (χ2v) is 5.47. The average Bonchev–Trinajstić information content (AvgIpc) is 2.77. The number of halogens is 1. The van der Waals surface area contributed by atoms with E-state index in [1.54, 1.807) is 19.2 Å². The Morgan fingerprint density at radius 3 is 2.71 bits per heavy atom. The van der Waals surface area contributed by atoms with Crippen molar-refractivity contribution in [2.45, 2.75) is 6.92 Å². The molecule has 0 aliphatic carbocycles. The van der Waals surface area contributed by atoms with Gasteiger partial charge in [0.2, 0.25) is 0 Å². The van der Waals surface area contributed by atoms with Crippen LogP contribution in [0, 0.1) is 6.92 Å². The van der Waals surface area contributed by atoms with E-state index in [0.29, 0.717) is 16.5 Å². The Kier molecular flexibility index (Phi) is 3.26. The number of nitrogens with two attached hydrogens (primary N) is 1. The molecule has 3 aromatic rings. The molecule has 0 saturated carbocycles. The van der Waals surface area contributed by atoms with Crippen molar-refractivity contribution in [1.82, 2.24) is 9.55 Å². The third-order valence-electron chi connectivity index (χ3n) is 3.60. The molecule has 108 valence electrons. The number of imidazole rings is 1. The molecule has 0 aliphatic rings. The molecule has 0 saturated heterocycles. The zero-order valence-electron chi connectivity index (χ0n) is 12.1. The molecule has 2 aromatic carbocycles. The van der Waals surface area contributed by atoms with Gasteiger partial charge in [0.1, 0.15) is 11.6 Å². The molecule has 0 radical (unpaired) electrons. The molecular formula is C16H16ClN3O. The maximum Gasteiger partial charge on any atom is 0.144 e. The van der Waals surface area contributed by atoms with Crippen molar-refractivity contribution in [1.29, 1.82) is 0 Å². The predicted octanol–water partition coefficient (Wildman–Crippen LogP) is 3.79. The number of hydrogen-bond acceptors (Lipinski definition) is 3. The topological polar surface area (TPSA) is 53.1 Å². The average molecular weight is 302 g/mol. The number of ether oxygens (including phenoxy) is 1. The lowest BCUT2D eigenvalue weighted by atomic mass is 10.1. The molecule has 1 heterocycles. The molecule has 1 aromatic heterocycles. The van der Waals surface area contributed by atoms with Crippen LogP contribution >= 0.6 is 11.6 Å². The minimum Gasteiger partial charge on any atom is -0.496 e. The number of nitrogens with zero attached hydrogens (tertiary/aromatic N) is 2. The maximum absolute atomic E-state index is 6.15. The highest BCUT2D eigenvalue weighted by Crippen LogP contribution is 2.36. The van der Waals surface area contributed by atoms with Crippen LogP contribution in [0.1, 0.15) is 5.56 Å². The first-order valence-electron chi connectivity index (χ1n) is 6.57. The number of rotatable bonds is 2. The van der Waals surface area contributed by atoms with E-state index < -0.39 is 0 Å². The van der Waals surface area contributed by atoms with Crippen molar-refractivity contribution >= 4 is 28.3 Å². The minimum atomic E-state index is 0.492. The summed E-state index contributed by atoms with van der Waals surface area (Å²) >= 11 is 6.15. The maximum atomic E-state index is 6.15. The highest BCUT2D eigenvalue weighted by Gasteiger charge is 2.16. The molecule has 4 nitrogen and oxygen atoms in total. The molecule has 0 bridgehead atoms. The number of anilines is 1. The summed E-state index contributed by atoms with van der Waals surface area (Å²) in [6, 6.07) is 9.71. The van der Waals surface area contributed by atoms with Gasteiger partial charge < -0.3 is 15.0 Å². The summed E-state index contributed by atoms with van der Waals surface area (Å²) in [6.07, 6.45) is 0.